The monoisotopic (exact) mass is 289 g/mol. The van der Waals surface area contributed by atoms with Crippen molar-refractivity contribution in [1.29, 1.82) is 0 Å². The number of hydrogen-bond donors (Lipinski definition) is 1. The van der Waals surface area contributed by atoms with Crippen molar-refractivity contribution >= 4 is 11.8 Å². The highest BCUT2D eigenvalue weighted by molar-refractivity contribution is 5.95. The van der Waals surface area contributed by atoms with Gasteiger partial charge in [0.25, 0.3) is 0 Å². The van der Waals surface area contributed by atoms with Gasteiger partial charge < -0.3 is 10.0 Å². The van der Waals surface area contributed by atoms with Gasteiger partial charge in [-0.05, 0) is 51.8 Å². The molecule has 3 heterocycles. The third-order valence-electron chi connectivity index (χ3n) is 4.75. The zero-order valence-corrected chi connectivity index (χ0v) is 13.0. The summed E-state index contributed by atoms with van der Waals surface area (Å²) in [5.74, 6) is -0.227. The molecule has 2 unspecified atom stereocenters. The van der Waals surface area contributed by atoms with Gasteiger partial charge in [-0.25, -0.2) is 9.78 Å². The van der Waals surface area contributed by atoms with Crippen LogP contribution in [0.2, 0.25) is 0 Å². The molecule has 2 saturated heterocycles. The summed E-state index contributed by atoms with van der Waals surface area (Å²) in [6, 6.07) is 2.69. The Bertz CT molecular complexity index is 573. The molecule has 0 aromatic carbocycles. The summed E-state index contributed by atoms with van der Waals surface area (Å²) in [4.78, 5) is 21.0. The van der Waals surface area contributed by atoms with Crippen LogP contribution in [-0.4, -0.2) is 52.7 Å². The highest BCUT2D eigenvalue weighted by Crippen LogP contribution is 2.31. The molecular weight excluding hydrogens is 266 g/mol. The summed E-state index contributed by atoms with van der Waals surface area (Å²) >= 11 is 0. The van der Waals surface area contributed by atoms with E-state index in [9.17, 15) is 9.90 Å². The van der Waals surface area contributed by atoms with Crippen LogP contribution in [0.15, 0.2) is 6.07 Å². The predicted octanol–water partition coefficient (Wildman–Crippen LogP) is 2.07. The number of nitrogens with zero attached hydrogens (tertiary/aromatic N) is 3. The molecule has 1 aromatic rings. The third kappa shape index (κ3) is 2.50. The minimum atomic E-state index is -0.879. The van der Waals surface area contributed by atoms with Gasteiger partial charge in [-0.1, -0.05) is 0 Å². The van der Waals surface area contributed by atoms with E-state index < -0.39 is 5.97 Å². The van der Waals surface area contributed by atoms with Crippen LogP contribution in [0.25, 0.3) is 0 Å². The average molecular weight is 289 g/mol. The van der Waals surface area contributed by atoms with Crippen molar-refractivity contribution in [2.45, 2.75) is 45.7 Å². The van der Waals surface area contributed by atoms with Crippen LogP contribution in [0.5, 0.6) is 0 Å². The quantitative estimate of drug-likeness (QED) is 0.903. The first-order valence-electron chi connectivity index (χ1n) is 7.69. The number of aromatic nitrogens is 1. The number of carbonyl (C=O) groups is 1. The third-order valence-corrected chi connectivity index (χ3v) is 4.75. The van der Waals surface area contributed by atoms with E-state index in [2.05, 4.69) is 21.7 Å². The second-order valence-electron chi connectivity index (χ2n) is 6.38. The molecule has 0 saturated carbocycles. The topological polar surface area (TPSA) is 56.7 Å². The van der Waals surface area contributed by atoms with E-state index in [0.29, 0.717) is 23.5 Å². The van der Waals surface area contributed by atoms with E-state index in [0.717, 1.165) is 24.3 Å². The van der Waals surface area contributed by atoms with E-state index in [1.54, 1.807) is 0 Å². The number of aromatic carboxylic acids is 1. The van der Waals surface area contributed by atoms with E-state index in [1.165, 1.54) is 19.4 Å². The molecule has 2 atom stereocenters. The Labute approximate surface area is 125 Å². The van der Waals surface area contributed by atoms with Crippen molar-refractivity contribution < 1.29 is 9.90 Å². The predicted molar refractivity (Wildman–Crippen MR) is 82.1 cm³/mol. The van der Waals surface area contributed by atoms with Gasteiger partial charge in [0.2, 0.25) is 0 Å². The van der Waals surface area contributed by atoms with Crippen LogP contribution in [0.4, 0.5) is 5.82 Å². The Morgan fingerprint density at radius 1 is 1.38 bits per heavy atom. The summed E-state index contributed by atoms with van der Waals surface area (Å²) in [5, 5.41) is 9.56. The van der Waals surface area contributed by atoms with Crippen LogP contribution in [0, 0.1) is 13.8 Å². The first-order chi connectivity index (χ1) is 9.97. The molecule has 0 bridgehead atoms. The van der Waals surface area contributed by atoms with Crippen molar-refractivity contribution in [3.05, 3.63) is 22.9 Å². The molecule has 114 valence electrons. The Kier molecular flexibility index (Phi) is 3.61. The molecule has 0 radical (unpaired) electrons. The first kappa shape index (κ1) is 14.3. The molecule has 5 nitrogen and oxygen atoms in total. The van der Waals surface area contributed by atoms with Crippen molar-refractivity contribution in [3.63, 3.8) is 0 Å². The lowest BCUT2D eigenvalue weighted by molar-refractivity contribution is 0.0696. The standard InChI is InChI=1S/C16H23N3O2/c1-10-7-11(2)17-15(14(10)16(20)21)19-9-13-5-4-6-18(13)8-12(19)3/h7,12-13H,4-6,8-9H2,1-3H3,(H,20,21). The summed E-state index contributed by atoms with van der Waals surface area (Å²) in [6.07, 6.45) is 2.45. The zero-order valence-electron chi connectivity index (χ0n) is 13.0. The minimum Gasteiger partial charge on any atom is -0.478 e. The van der Waals surface area contributed by atoms with Crippen molar-refractivity contribution in [3.8, 4) is 0 Å². The SMILES string of the molecule is Cc1cc(C)c(C(=O)O)c(N2CC3CCCN3CC2C)n1. The van der Waals surface area contributed by atoms with Crippen LogP contribution in [0.3, 0.4) is 0 Å². The number of aryl methyl sites for hydroxylation is 2. The van der Waals surface area contributed by atoms with Gasteiger partial charge in [-0.2, -0.15) is 0 Å². The number of carboxylic acid groups (broad SMARTS) is 1. The lowest BCUT2D eigenvalue weighted by atomic mass is 10.0. The van der Waals surface area contributed by atoms with Gasteiger partial charge in [-0.15, -0.1) is 0 Å². The van der Waals surface area contributed by atoms with Crippen LogP contribution < -0.4 is 4.90 Å². The molecule has 2 aliphatic rings. The lowest BCUT2D eigenvalue weighted by Gasteiger charge is -2.43. The number of carboxylic acids is 1. The Morgan fingerprint density at radius 3 is 2.86 bits per heavy atom. The van der Waals surface area contributed by atoms with E-state index >= 15 is 0 Å². The zero-order chi connectivity index (χ0) is 15.1. The number of fused-ring (bicyclic) bond motifs is 1. The van der Waals surface area contributed by atoms with Gasteiger partial charge in [0.15, 0.2) is 0 Å². The highest BCUT2D eigenvalue weighted by atomic mass is 16.4. The Hall–Kier alpha value is -1.62. The fourth-order valence-corrected chi connectivity index (χ4v) is 3.77. The van der Waals surface area contributed by atoms with Crippen LogP contribution in [0.1, 0.15) is 41.4 Å². The molecular formula is C16H23N3O2. The van der Waals surface area contributed by atoms with Gasteiger partial charge in [0.05, 0.1) is 0 Å². The fourth-order valence-electron chi connectivity index (χ4n) is 3.77. The largest absolute Gasteiger partial charge is 0.478 e. The van der Waals surface area contributed by atoms with E-state index in [-0.39, 0.29) is 0 Å². The number of anilines is 1. The molecule has 0 amide bonds. The second-order valence-corrected chi connectivity index (χ2v) is 6.38. The molecule has 3 rings (SSSR count). The molecule has 1 aromatic heterocycles. The van der Waals surface area contributed by atoms with Crippen molar-refractivity contribution in [1.82, 2.24) is 9.88 Å². The molecule has 21 heavy (non-hydrogen) atoms. The molecule has 2 aliphatic heterocycles. The summed E-state index contributed by atoms with van der Waals surface area (Å²) in [5.41, 5.74) is 2.04. The first-order valence-corrected chi connectivity index (χ1v) is 7.69. The van der Waals surface area contributed by atoms with Crippen LogP contribution in [-0.2, 0) is 0 Å². The highest BCUT2D eigenvalue weighted by Gasteiger charge is 2.36. The number of rotatable bonds is 2. The summed E-state index contributed by atoms with van der Waals surface area (Å²) in [7, 11) is 0. The summed E-state index contributed by atoms with van der Waals surface area (Å²) < 4.78 is 0. The maximum Gasteiger partial charge on any atom is 0.339 e. The molecule has 0 spiro atoms. The lowest BCUT2D eigenvalue weighted by Crippen LogP contribution is -2.55. The number of hydrogen-bond acceptors (Lipinski definition) is 4. The maximum atomic E-state index is 11.7. The molecule has 1 N–H and O–H groups in total. The minimum absolute atomic E-state index is 0.297. The number of pyridine rings is 1. The molecule has 5 heteroatoms. The van der Waals surface area contributed by atoms with E-state index in [4.69, 9.17) is 0 Å². The van der Waals surface area contributed by atoms with E-state index in [1.807, 2.05) is 19.9 Å². The van der Waals surface area contributed by atoms with Gasteiger partial charge in [0, 0.05) is 30.9 Å². The smallest absolute Gasteiger partial charge is 0.339 e. The Balaban J connectivity index is 2.01. The van der Waals surface area contributed by atoms with Crippen molar-refractivity contribution in [2.75, 3.05) is 24.5 Å². The van der Waals surface area contributed by atoms with Gasteiger partial charge in [-0.3, -0.25) is 4.90 Å². The average Bonchev–Trinajstić information content (AvgIpc) is 2.83. The molecule has 2 fully saturated rings. The van der Waals surface area contributed by atoms with Gasteiger partial charge in [0.1, 0.15) is 11.4 Å². The molecule has 0 aliphatic carbocycles. The number of piperazine rings is 1. The maximum absolute atomic E-state index is 11.7. The Morgan fingerprint density at radius 2 is 2.14 bits per heavy atom. The van der Waals surface area contributed by atoms with Gasteiger partial charge >= 0.3 is 5.97 Å². The summed E-state index contributed by atoms with van der Waals surface area (Å²) in [6.45, 7) is 9.01. The normalized spacial score (nSPS) is 26.0. The fraction of sp³-hybridized carbons (Fsp3) is 0.625. The van der Waals surface area contributed by atoms with Crippen LogP contribution >= 0.6 is 0 Å². The van der Waals surface area contributed by atoms with Crippen molar-refractivity contribution in [2.24, 2.45) is 0 Å². The second kappa shape index (κ2) is 5.30.